The fourth-order valence-corrected chi connectivity index (χ4v) is 6.07. The van der Waals surface area contributed by atoms with E-state index < -0.39 is 10.0 Å². The summed E-state index contributed by atoms with van der Waals surface area (Å²) in [5.74, 6) is 0.932. The lowest BCUT2D eigenvalue weighted by Crippen LogP contribution is -2.40. The normalized spacial score (nSPS) is 18.6. The molecule has 10 heteroatoms. The number of morpholine rings is 1. The average Bonchev–Trinajstić information content (AvgIpc) is 3.27. The van der Waals surface area contributed by atoms with Crippen LogP contribution in [0.1, 0.15) is 34.9 Å². The van der Waals surface area contributed by atoms with Crippen molar-refractivity contribution in [2.75, 3.05) is 39.4 Å². The highest BCUT2D eigenvalue weighted by Crippen LogP contribution is 2.31. The molecule has 174 valence electrons. The molecule has 3 heterocycles. The van der Waals surface area contributed by atoms with E-state index >= 15 is 0 Å². The SMILES string of the molecule is O=C(c1ccc(S(=O)(=O)N2CCC(c3nc4ccc(Cl)cc4[nH]3)CC2)cc1)N1CCOCC1. The highest BCUT2D eigenvalue weighted by atomic mass is 35.5. The van der Waals surface area contributed by atoms with Crippen molar-refractivity contribution in [1.29, 1.82) is 0 Å². The number of nitrogens with one attached hydrogen (secondary N) is 1. The summed E-state index contributed by atoms with van der Waals surface area (Å²) in [7, 11) is -3.62. The Kier molecular flexibility index (Phi) is 6.13. The van der Waals surface area contributed by atoms with E-state index in [9.17, 15) is 13.2 Å². The third-order valence-electron chi connectivity index (χ3n) is 6.34. The zero-order chi connectivity index (χ0) is 23.0. The van der Waals surface area contributed by atoms with Crippen molar-refractivity contribution in [3.8, 4) is 0 Å². The maximum Gasteiger partial charge on any atom is 0.254 e. The van der Waals surface area contributed by atoms with Crippen LogP contribution in [-0.2, 0) is 14.8 Å². The van der Waals surface area contributed by atoms with E-state index in [4.69, 9.17) is 16.3 Å². The number of ether oxygens (including phenoxy) is 1. The van der Waals surface area contributed by atoms with Gasteiger partial charge in [0.15, 0.2) is 0 Å². The van der Waals surface area contributed by atoms with Crippen LogP contribution in [-0.4, -0.2) is 72.9 Å². The largest absolute Gasteiger partial charge is 0.378 e. The van der Waals surface area contributed by atoms with Gasteiger partial charge in [-0.1, -0.05) is 11.6 Å². The molecule has 2 saturated heterocycles. The lowest BCUT2D eigenvalue weighted by molar-refractivity contribution is 0.0303. The van der Waals surface area contributed by atoms with Crippen LogP contribution in [0.15, 0.2) is 47.4 Å². The molecule has 0 spiro atoms. The van der Waals surface area contributed by atoms with E-state index in [1.165, 1.54) is 16.4 Å². The first kappa shape index (κ1) is 22.3. The minimum Gasteiger partial charge on any atom is -0.378 e. The van der Waals surface area contributed by atoms with E-state index in [0.29, 0.717) is 62.8 Å². The van der Waals surface area contributed by atoms with E-state index in [1.807, 2.05) is 18.2 Å². The molecule has 0 atom stereocenters. The number of sulfonamides is 1. The van der Waals surface area contributed by atoms with Crippen molar-refractivity contribution in [3.63, 3.8) is 0 Å². The first-order chi connectivity index (χ1) is 15.9. The second-order valence-electron chi connectivity index (χ2n) is 8.39. The molecule has 2 aromatic carbocycles. The standard InChI is InChI=1S/C23H25ClN4O4S/c24-18-3-6-20-21(15-18)26-22(25-20)16-7-9-28(10-8-16)33(30,31)19-4-1-17(2-5-19)23(29)27-11-13-32-14-12-27/h1-6,15-16H,7-14H2,(H,25,26). The number of piperidine rings is 1. The lowest BCUT2D eigenvalue weighted by atomic mass is 9.97. The molecule has 2 aliphatic rings. The number of benzene rings is 2. The van der Waals surface area contributed by atoms with Crippen LogP contribution in [0.25, 0.3) is 11.0 Å². The number of hydrogen-bond donors (Lipinski definition) is 1. The number of hydrogen-bond acceptors (Lipinski definition) is 5. The van der Waals surface area contributed by atoms with Crippen LogP contribution in [0.4, 0.5) is 0 Å². The molecule has 33 heavy (non-hydrogen) atoms. The van der Waals surface area contributed by atoms with Crippen molar-refractivity contribution in [3.05, 3.63) is 58.9 Å². The quantitative estimate of drug-likeness (QED) is 0.608. The molecule has 0 radical (unpaired) electrons. The summed E-state index contributed by atoms with van der Waals surface area (Å²) in [6, 6.07) is 11.8. The van der Waals surface area contributed by atoms with Gasteiger partial charge >= 0.3 is 0 Å². The Hall–Kier alpha value is -2.46. The number of H-pyrrole nitrogens is 1. The van der Waals surface area contributed by atoms with Gasteiger partial charge in [0.2, 0.25) is 10.0 Å². The van der Waals surface area contributed by atoms with Crippen molar-refractivity contribution in [2.45, 2.75) is 23.7 Å². The number of imidazole rings is 1. The van der Waals surface area contributed by atoms with Gasteiger partial charge in [0, 0.05) is 42.7 Å². The summed E-state index contributed by atoms with van der Waals surface area (Å²) in [5, 5.41) is 0.649. The van der Waals surface area contributed by atoms with Gasteiger partial charge in [-0.15, -0.1) is 0 Å². The molecule has 2 fully saturated rings. The number of fused-ring (bicyclic) bond motifs is 1. The summed E-state index contributed by atoms with van der Waals surface area (Å²) in [6.45, 7) is 2.97. The summed E-state index contributed by atoms with van der Waals surface area (Å²) >= 11 is 6.06. The Labute approximate surface area is 197 Å². The Morgan fingerprint density at radius 3 is 2.42 bits per heavy atom. The van der Waals surface area contributed by atoms with Gasteiger partial charge in [-0.25, -0.2) is 13.4 Å². The number of carbonyl (C=O) groups is 1. The van der Waals surface area contributed by atoms with Gasteiger partial charge in [0.05, 0.1) is 29.1 Å². The molecule has 0 saturated carbocycles. The highest BCUT2D eigenvalue weighted by molar-refractivity contribution is 7.89. The second-order valence-corrected chi connectivity index (χ2v) is 10.8. The topological polar surface area (TPSA) is 95.6 Å². The predicted octanol–water partition coefficient (Wildman–Crippen LogP) is 3.26. The van der Waals surface area contributed by atoms with E-state index in [2.05, 4.69) is 9.97 Å². The van der Waals surface area contributed by atoms with Crippen molar-refractivity contribution >= 4 is 38.6 Å². The number of amides is 1. The van der Waals surface area contributed by atoms with Crippen LogP contribution in [0.3, 0.4) is 0 Å². The number of aromatic amines is 1. The monoisotopic (exact) mass is 488 g/mol. The van der Waals surface area contributed by atoms with Gasteiger partial charge in [-0.2, -0.15) is 4.31 Å². The van der Waals surface area contributed by atoms with Gasteiger partial charge in [-0.05, 0) is 55.3 Å². The fraction of sp³-hybridized carbons (Fsp3) is 0.391. The van der Waals surface area contributed by atoms with Gasteiger partial charge < -0.3 is 14.6 Å². The number of carbonyl (C=O) groups excluding carboxylic acids is 1. The summed E-state index contributed by atoms with van der Waals surface area (Å²) in [6.07, 6.45) is 1.36. The van der Waals surface area contributed by atoms with Crippen LogP contribution in [0.2, 0.25) is 5.02 Å². The van der Waals surface area contributed by atoms with E-state index in [1.54, 1.807) is 17.0 Å². The third kappa shape index (κ3) is 4.50. The molecule has 1 amide bonds. The second kappa shape index (κ2) is 9.06. The van der Waals surface area contributed by atoms with Crippen LogP contribution in [0, 0.1) is 0 Å². The fourth-order valence-electron chi connectivity index (χ4n) is 4.43. The number of halogens is 1. The Balaban J connectivity index is 1.25. The summed E-state index contributed by atoms with van der Waals surface area (Å²) < 4.78 is 33.1. The number of rotatable bonds is 4. The van der Waals surface area contributed by atoms with Crippen LogP contribution in [0.5, 0.6) is 0 Å². The smallest absolute Gasteiger partial charge is 0.254 e. The molecular formula is C23H25ClN4O4S. The average molecular weight is 489 g/mol. The van der Waals surface area contributed by atoms with Crippen LogP contribution < -0.4 is 0 Å². The third-order valence-corrected chi connectivity index (χ3v) is 8.49. The molecule has 0 bridgehead atoms. The Morgan fingerprint density at radius 1 is 1.03 bits per heavy atom. The maximum atomic E-state index is 13.2. The first-order valence-corrected chi connectivity index (χ1v) is 12.9. The Bertz CT molecular complexity index is 1260. The maximum absolute atomic E-state index is 13.2. The zero-order valence-electron chi connectivity index (χ0n) is 18.0. The van der Waals surface area contributed by atoms with Crippen molar-refractivity contribution in [2.24, 2.45) is 0 Å². The first-order valence-electron chi connectivity index (χ1n) is 11.0. The zero-order valence-corrected chi connectivity index (χ0v) is 19.6. The van der Waals surface area contributed by atoms with E-state index in [-0.39, 0.29) is 16.7 Å². The minimum atomic E-state index is -3.62. The minimum absolute atomic E-state index is 0.102. The summed E-state index contributed by atoms with van der Waals surface area (Å²) in [4.78, 5) is 22.5. The lowest BCUT2D eigenvalue weighted by Gasteiger charge is -2.30. The molecule has 8 nitrogen and oxygen atoms in total. The van der Waals surface area contributed by atoms with Crippen molar-refractivity contribution in [1.82, 2.24) is 19.2 Å². The predicted molar refractivity (Wildman–Crippen MR) is 125 cm³/mol. The molecular weight excluding hydrogens is 464 g/mol. The molecule has 2 aliphatic heterocycles. The van der Waals surface area contributed by atoms with Crippen LogP contribution >= 0.6 is 11.6 Å². The summed E-state index contributed by atoms with van der Waals surface area (Å²) in [5.41, 5.74) is 2.23. The van der Waals surface area contributed by atoms with E-state index in [0.717, 1.165) is 16.9 Å². The molecule has 1 N–H and O–H groups in total. The molecule has 0 unspecified atom stereocenters. The molecule has 3 aromatic rings. The van der Waals surface area contributed by atoms with Gasteiger partial charge in [-0.3, -0.25) is 4.79 Å². The molecule has 0 aliphatic carbocycles. The van der Waals surface area contributed by atoms with Crippen molar-refractivity contribution < 1.29 is 17.9 Å². The highest BCUT2D eigenvalue weighted by Gasteiger charge is 2.31. The number of nitrogens with zero attached hydrogens (tertiary/aromatic N) is 3. The Morgan fingerprint density at radius 2 is 1.73 bits per heavy atom. The van der Waals surface area contributed by atoms with Gasteiger partial charge in [0.25, 0.3) is 5.91 Å². The molecule has 1 aromatic heterocycles. The van der Waals surface area contributed by atoms with Gasteiger partial charge in [0.1, 0.15) is 5.82 Å². The molecule has 5 rings (SSSR count). The number of aromatic nitrogens is 2.